The van der Waals surface area contributed by atoms with Crippen molar-refractivity contribution in [2.24, 2.45) is 16.6 Å². The molecule has 7 nitrogen and oxygen atoms in total. The second-order valence-electron chi connectivity index (χ2n) is 8.97. The number of carbonyl (C=O) groups excluding carboxylic acids is 2. The molecule has 1 heterocycles. The van der Waals surface area contributed by atoms with Gasteiger partial charge in [0.05, 0.1) is 5.70 Å². The van der Waals surface area contributed by atoms with Gasteiger partial charge in [-0.25, -0.2) is 4.99 Å². The molecule has 0 spiro atoms. The highest BCUT2D eigenvalue weighted by molar-refractivity contribution is 6.06. The normalized spacial score (nSPS) is 16.1. The van der Waals surface area contributed by atoms with Crippen LogP contribution in [0.15, 0.2) is 77.7 Å². The Morgan fingerprint density at radius 3 is 2.34 bits per heavy atom. The molecule has 2 amide bonds. The number of halogens is 3. The predicted octanol–water partition coefficient (Wildman–Crippen LogP) is 5.15. The number of rotatable bonds is 10. The fraction of sp³-hybridized carbons (Fsp3) is 0.393. The molecule has 1 aromatic rings. The van der Waals surface area contributed by atoms with Crippen LogP contribution in [0.1, 0.15) is 38.7 Å². The number of anilines is 1. The average molecular weight is 532 g/mol. The van der Waals surface area contributed by atoms with E-state index in [1.807, 2.05) is 0 Å². The van der Waals surface area contributed by atoms with Gasteiger partial charge in [0.2, 0.25) is 11.8 Å². The highest BCUT2D eigenvalue weighted by Crippen LogP contribution is 2.26. The van der Waals surface area contributed by atoms with E-state index in [0.717, 1.165) is 11.8 Å². The Labute approximate surface area is 222 Å². The predicted molar refractivity (Wildman–Crippen MR) is 145 cm³/mol. The van der Waals surface area contributed by atoms with Crippen LogP contribution in [0, 0.1) is 5.92 Å². The van der Waals surface area contributed by atoms with Crippen molar-refractivity contribution in [1.29, 1.82) is 0 Å². The zero-order chi connectivity index (χ0) is 28.3. The number of nitrogens with zero attached hydrogens (tertiary/aromatic N) is 3. The molecule has 0 atom stereocenters. The topological polar surface area (TPSA) is 91.0 Å². The molecule has 0 aliphatic carbocycles. The van der Waals surface area contributed by atoms with Gasteiger partial charge in [-0.1, -0.05) is 43.9 Å². The maximum Gasteiger partial charge on any atom is 0.435 e. The fourth-order valence-corrected chi connectivity index (χ4v) is 4.03. The number of piperidine rings is 1. The molecule has 1 aliphatic heterocycles. The molecule has 0 bridgehead atoms. The summed E-state index contributed by atoms with van der Waals surface area (Å²) in [5.41, 5.74) is 5.50. The molecule has 1 aromatic carbocycles. The summed E-state index contributed by atoms with van der Waals surface area (Å²) in [6.07, 6.45) is 3.82. The molecule has 0 saturated carbocycles. The van der Waals surface area contributed by atoms with Crippen molar-refractivity contribution >= 4 is 23.2 Å². The molecule has 1 fully saturated rings. The minimum absolute atomic E-state index is 0.0116. The molecule has 10 heteroatoms. The zero-order valence-electron chi connectivity index (χ0n) is 22.1. The standard InChI is InChI=1S/C28H36F3N5O2/c1-5-7-8-9-23(6-2)34-26(28(29,30)31)25(18-32)33-24-12-10-21(11-13-24)19-35(4)27(38)22-14-16-36(17-15-22)20(3)37/h5,7-13,18,22,33H,1,6,14-17,19,32H2,2-4H3/b8-7-,23-9+,25-18+,34-26-. The Hall–Kier alpha value is -3.82. The second kappa shape index (κ2) is 14.2. The molecule has 0 aromatic heterocycles. The minimum Gasteiger partial charge on any atom is -0.403 e. The van der Waals surface area contributed by atoms with Crippen molar-refractivity contribution in [3.05, 3.63) is 78.3 Å². The van der Waals surface area contributed by atoms with E-state index in [1.165, 1.54) is 19.1 Å². The average Bonchev–Trinajstić information content (AvgIpc) is 2.89. The van der Waals surface area contributed by atoms with Gasteiger partial charge in [0, 0.05) is 57.1 Å². The summed E-state index contributed by atoms with van der Waals surface area (Å²) in [6.45, 7) is 8.26. The van der Waals surface area contributed by atoms with Gasteiger partial charge in [-0.3, -0.25) is 9.59 Å². The van der Waals surface area contributed by atoms with Crippen molar-refractivity contribution in [3.63, 3.8) is 0 Å². The van der Waals surface area contributed by atoms with Crippen molar-refractivity contribution in [1.82, 2.24) is 9.80 Å². The smallest absolute Gasteiger partial charge is 0.403 e. The number of carbonyl (C=O) groups is 2. The Morgan fingerprint density at radius 2 is 1.84 bits per heavy atom. The van der Waals surface area contributed by atoms with Crippen LogP contribution in [0.5, 0.6) is 0 Å². The Bertz CT molecular complexity index is 1100. The lowest BCUT2D eigenvalue weighted by Gasteiger charge is -2.32. The molecule has 2 rings (SSSR count). The number of nitrogens with one attached hydrogen (secondary N) is 1. The molecule has 3 N–H and O–H groups in total. The number of nitrogens with two attached hydrogens (primary N) is 1. The molecule has 1 saturated heterocycles. The largest absolute Gasteiger partial charge is 0.435 e. The molecular formula is C28H36F3N5O2. The van der Waals surface area contributed by atoms with Gasteiger partial charge >= 0.3 is 6.18 Å². The minimum atomic E-state index is -4.74. The SMILES string of the molecule is C=C\C=C/C=C(CC)/N=C(/C(=C\N)Nc1ccc(CN(C)C(=O)C2CCN(C(C)=O)CC2)cc1)C(F)(F)F. The lowest BCUT2D eigenvalue weighted by Crippen LogP contribution is -2.42. The third-order valence-electron chi connectivity index (χ3n) is 6.16. The number of benzene rings is 1. The van der Waals surface area contributed by atoms with Crippen molar-refractivity contribution in [2.75, 3.05) is 25.5 Å². The van der Waals surface area contributed by atoms with E-state index in [9.17, 15) is 22.8 Å². The van der Waals surface area contributed by atoms with Crippen LogP contribution >= 0.6 is 0 Å². The molecule has 38 heavy (non-hydrogen) atoms. The molecular weight excluding hydrogens is 495 g/mol. The monoisotopic (exact) mass is 531 g/mol. The first-order chi connectivity index (χ1) is 18.0. The number of allylic oxidation sites excluding steroid dienone is 6. The van der Waals surface area contributed by atoms with Crippen LogP contribution < -0.4 is 11.1 Å². The van der Waals surface area contributed by atoms with Crippen molar-refractivity contribution in [3.8, 4) is 0 Å². The van der Waals surface area contributed by atoms with Gasteiger partial charge in [-0.2, -0.15) is 13.2 Å². The zero-order valence-corrected chi connectivity index (χ0v) is 22.1. The highest BCUT2D eigenvalue weighted by atomic mass is 19.4. The maximum atomic E-state index is 13.9. The lowest BCUT2D eigenvalue weighted by atomic mass is 9.95. The molecule has 0 unspecified atom stereocenters. The molecule has 206 valence electrons. The third-order valence-corrected chi connectivity index (χ3v) is 6.16. The maximum absolute atomic E-state index is 13.9. The Balaban J connectivity index is 2.10. The molecule has 0 radical (unpaired) electrons. The number of alkyl halides is 3. The number of amides is 2. The van der Waals surface area contributed by atoms with Crippen LogP contribution in [0.3, 0.4) is 0 Å². The number of likely N-dealkylation sites (tertiary alicyclic amines) is 1. The first kappa shape index (κ1) is 30.4. The van der Waals surface area contributed by atoms with E-state index in [2.05, 4.69) is 16.9 Å². The Kier molecular flexibility index (Phi) is 11.4. The quantitative estimate of drug-likeness (QED) is 0.323. The van der Waals surface area contributed by atoms with Gasteiger partial charge in [-0.15, -0.1) is 0 Å². The first-order valence-electron chi connectivity index (χ1n) is 12.4. The molecule has 1 aliphatic rings. The van der Waals surface area contributed by atoms with E-state index >= 15 is 0 Å². The van der Waals surface area contributed by atoms with Gasteiger partial charge in [0.1, 0.15) is 0 Å². The van der Waals surface area contributed by atoms with Crippen LogP contribution in [-0.4, -0.2) is 53.6 Å². The number of hydrogen-bond acceptors (Lipinski definition) is 5. The van der Waals surface area contributed by atoms with Gasteiger partial charge in [-0.05, 0) is 43.0 Å². The second-order valence-corrected chi connectivity index (χ2v) is 8.97. The summed E-state index contributed by atoms with van der Waals surface area (Å²) >= 11 is 0. The first-order valence-corrected chi connectivity index (χ1v) is 12.4. The highest BCUT2D eigenvalue weighted by Gasteiger charge is 2.38. The summed E-state index contributed by atoms with van der Waals surface area (Å²) < 4.78 is 41.6. The van der Waals surface area contributed by atoms with Crippen LogP contribution in [-0.2, 0) is 16.1 Å². The van der Waals surface area contributed by atoms with E-state index < -0.39 is 11.9 Å². The van der Waals surface area contributed by atoms with Crippen molar-refractivity contribution < 1.29 is 22.8 Å². The van der Waals surface area contributed by atoms with Gasteiger partial charge in [0.25, 0.3) is 0 Å². The summed E-state index contributed by atoms with van der Waals surface area (Å²) in [7, 11) is 1.72. The van der Waals surface area contributed by atoms with Crippen LogP contribution in [0.4, 0.5) is 18.9 Å². The van der Waals surface area contributed by atoms with Crippen LogP contribution in [0.2, 0.25) is 0 Å². The summed E-state index contributed by atoms with van der Waals surface area (Å²) in [5.74, 6) is -0.108. The van der Waals surface area contributed by atoms with Crippen LogP contribution in [0.25, 0.3) is 0 Å². The van der Waals surface area contributed by atoms with E-state index in [0.29, 0.717) is 38.2 Å². The third kappa shape index (κ3) is 8.93. The van der Waals surface area contributed by atoms with Gasteiger partial charge in [0.15, 0.2) is 5.71 Å². The summed E-state index contributed by atoms with van der Waals surface area (Å²) in [6, 6.07) is 6.72. The van der Waals surface area contributed by atoms with E-state index in [4.69, 9.17) is 5.73 Å². The lowest BCUT2D eigenvalue weighted by molar-refractivity contribution is -0.139. The van der Waals surface area contributed by atoms with E-state index in [-0.39, 0.29) is 35.5 Å². The van der Waals surface area contributed by atoms with E-state index in [1.54, 1.807) is 60.2 Å². The summed E-state index contributed by atoms with van der Waals surface area (Å²) in [5, 5.41) is 2.71. The summed E-state index contributed by atoms with van der Waals surface area (Å²) in [4.78, 5) is 31.6. The van der Waals surface area contributed by atoms with Crippen molar-refractivity contribution in [2.45, 2.75) is 45.8 Å². The number of aliphatic imine (C=N–C) groups is 1. The Morgan fingerprint density at radius 1 is 1.21 bits per heavy atom. The van der Waals surface area contributed by atoms with Gasteiger partial charge < -0.3 is 20.9 Å². The number of hydrogen-bond donors (Lipinski definition) is 2. The fourth-order valence-electron chi connectivity index (χ4n) is 4.03.